The highest BCUT2D eigenvalue weighted by atomic mass is 32.2. The van der Waals surface area contributed by atoms with Crippen LogP contribution in [0.15, 0.2) is 17.0 Å². The summed E-state index contributed by atoms with van der Waals surface area (Å²) < 4.78 is 5.31. The van der Waals surface area contributed by atoms with Crippen LogP contribution in [-0.2, 0) is 0 Å². The number of nitrogens with two attached hydrogens (primary N) is 1. The Hall–Kier alpha value is -0.670. The van der Waals surface area contributed by atoms with Crippen LogP contribution in [0.3, 0.4) is 0 Å². The topological polar surface area (TPSA) is 35.2 Å². The molecule has 0 bridgehead atoms. The molecule has 2 N–H and O–H groups in total. The van der Waals surface area contributed by atoms with Crippen molar-refractivity contribution in [2.75, 3.05) is 7.11 Å². The highest BCUT2D eigenvalue weighted by Crippen LogP contribution is 2.33. The molecule has 0 aliphatic heterocycles. The summed E-state index contributed by atoms with van der Waals surface area (Å²) in [7, 11) is 1.69. The molecule has 1 aromatic carbocycles. The predicted molar refractivity (Wildman–Crippen MR) is 62.0 cm³/mol. The first kappa shape index (κ1) is 11.4. The maximum absolute atomic E-state index is 5.74. The van der Waals surface area contributed by atoms with E-state index in [0.717, 1.165) is 10.6 Å². The number of benzene rings is 1. The maximum Gasteiger partial charge on any atom is 0.132 e. The van der Waals surface area contributed by atoms with Crippen molar-refractivity contribution in [1.29, 1.82) is 0 Å². The minimum absolute atomic E-state index is 0.0889. The number of rotatable bonds is 3. The number of aryl methyl sites for hydroxylation is 2. The van der Waals surface area contributed by atoms with E-state index in [1.54, 1.807) is 18.9 Å². The lowest BCUT2D eigenvalue weighted by Crippen LogP contribution is -2.09. The smallest absolute Gasteiger partial charge is 0.132 e. The van der Waals surface area contributed by atoms with Gasteiger partial charge in [-0.15, -0.1) is 11.8 Å². The van der Waals surface area contributed by atoms with E-state index in [1.807, 2.05) is 6.92 Å². The average Bonchev–Trinajstić information content (AvgIpc) is 2.10. The first-order valence-corrected chi connectivity index (χ1v) is 5.50. The van der Waals surface area contributed by atoms with Crippen molar-refractivity contribution in [2.24, 2.45) is 5.73 Å². The lowest BCUT2D eigenvalue weighted by Gasteiger charge is -2.12. The Bertz CT molecular complexity index is 323. The molecule has 0 aromatic heterocycles. The number of ether oxygens (including phenoxy) is 1. The Kier molecular flexibility index (Phi) is 3.84. The molecule has 0 heterocycles. The molecule has 3 heteroatoms. The molecule has 14 heavy (non-hydrogen) atoms. The molecule has 0 aliphatic rings. The van der Waals surface area contributed by atoms with Gasteiger partial charge in [0.2, 0.25) is 0 Å². The molecule has 0 radical (unpaired) electrons. The van der Waals surface area contributed by atoms with Crippen LogP contribution in [-0.4, -0.2) is 12.5 Å². The van der Waals surface area contributed by atoms with Crippen molar-refractivity contribution < 1.29 is 4.74 Å². The largest absolute Gasteiger partial charge is 0.496 e. The van der Waals surface area contributed by atoms with Crippen molar-refractivity contribution in [3.05, 3.63) is 23.3 Å². The molecule has 1 unspecified atom stereocenters. The van der Waals surface area contributed by atoms with Gasteiger partial charge in [0.15, 0.2) is 0 Å². The van der Waals surface area contributed by atoms with Crippen LogP contribution in [0.4, 0.5) is 0 Å². The fourth-order valence-corrected chi connectivity index (χ4v) is 2.12. The van der Waals surface area contributed by atoms with Crippen LogP contribution in [0.2, 0.25) is 0 Å². The summed E-state index contributed by atoms with van der Waals surface area (Å²) in [5, 5.41) is 0.0889. The van der Waals surface area contributed by atoms with E-state index >= 15 is 0 Å². The zero-order chi connectivity index (χ0) is 10.7. The van der Waals surface area contributed by atoms with Crippen molar-refractivity contribution in [3.63, 3.8) is 0 Å². The molecule has 0 spiro atoms. The average molecular weight is 211 g/mol. The third kappa shape index (κ3) is 2.66. The number of thioether (sulfide) groups is 1. The van der Waals surface area contributed by atoms with E-state index in [9.17, 15) is 0 Å². The summed E-state index contributed by atoms with van der Waals surface area (Å²) >= 11 is 1.63. The van der Waals surface area contributed by atoms with E-state index in [0.29, 0.717) is 0 Å². The number of methoxy groups -OCH3 is 1. The standard InChI is InChI=1S/C11H17NOS/c1-7-5-10(13-4)11(6-8(7)2)14-9(3)12/h5-6,9H,12H2,1-4H3. The summed E-state index contributed by atoms with van der Waals surface area (Å²) in [5.74, 6) is 0.912. The minimum Gasteiger partial charge on any atom is -0.496 e. The van der Waals surface area contributed by atoms with Gasteiger partial charge in [0.1, 0.15) is 5.75 Å². The van der Waals surface area contributed by atoms with Crippen LogP contribution in [0.5, 0.6) is 5.75 Å². The molecule has 78 valence electrons. The van der Waals surface area contributed by atoms with E-state index < -0.39 is 0 Å². The van der Waals surface area contributed by atoms with Crippen LogP contribution in [0.1, 0.15) is 18.1 Å². The highest BCUT2D eigenvalue weighted by Gasteiger charge is 2.08. The minimum atomic E-state index is 0.0889. The van der Waals surface area contributed by atoms with E-state index in [2.05, 4.69) is 26.0 Å². The van der Waals surface area contributed by atoms with E-state index in [-0.39, 0.29) is 5.37 Å². The summed E-state index contributed by atoms with van der Waals surface area (Å²) in [6.45, 7) is 6.15. The predicted octanol–water partition coefficient (Wildman–Crippen LogP) is 2.71. The monoisotopic (exact) mass is 211 g/mol. The van der Waals surface area contributed by atoms with E-state index in [1.165, 1.54) is 11.1 Å². The summed E-state index contributed by atoms with van der Waals surface area (Å²) in [5.41, 5.74) is 8.26. The van der Waals surface area contributed by atoms with Gasteiger partial charge < -0.3 is 10.5 Å². The fraction of sp³-hybridized carbons (Fsp3) is 0.455. The number of hydrogen-bond donors (Lipinski definition) is 1. The zero-order valence-corrected chi connectivity index (χ0v) is 9.94. The van der Waals surface area contributed by atoms with Gasteiger partial charge in [-0.05, 0) is 44.0 Å². The van der Waals surface area contributed by atoms with Gasteiger partial charge in [-0.1, -0.05) is 0 Å². The van der Waals surface area contributed by atoms with Gasteiger partial charge >= 0.3 is 0 Å². The van der Waals surface area contributed by atoms with Gasteiger partial charge in [0, 0.05) is 0 Å². The van der Waals surface area contributed by atoms with Crippen molar-refractivity contribution in [1.82, 2.24) is 0 Å². The molecule has 1 rings (SSSR count). The molecule has 0 amide bonds. The van der Waals surface area contributed by atoms with E-state index in [4.69, 9.17) is 10.5 Å². The van der Waals surface area contributed by atoms with Crippen LogP contribution < -0.4 is 10.5 Å². The lowest BCUT2D eigenvalue weighted by molar-refractivity contribution is 0.404. The Morgan fingerprint density at radius 3 is 2.36 bits per heavy atom. The summed E-state index contributed by atoms with van der Waals surface area (Å²) in [6.07, 6.45) is 0. The van der Waals surface area contributed by atoms with Gasteiger partial charge in [-0.25, -0.2) is 0 Å². The highest BCUT2D eigenvalue weighted by molar-refractivity contribution is 8.00. The normalized spacial score (nSPS) is 12.6. The van der Waals surface area contributed by atoms with Gasteiger partial charge in [-0.2, -0.15) is 0 Å². The molecule has 0 aliphatic carbocycles. The molecule has 1 aromatic rings. The second-order valence-corrected chi connectivity index (χ2v) is 4.83. The van der Waals surface area contributed by atoms with Crippen LogP contribution in [0.25, 0.3) is 0 Å². The molecule has 0 saturated heterocycles. The third-order valence-corrected chi connectivity index (χ3v) is 3.04. The van der Waals surface area contributed by atoms with Gasteiger partial charge in [0.05, 0.1) is 17.4 Å². The van der Waals surface area contributed by atoms with Crippen molar-refractivity contribution >= 4 is 11.8 Å². The van der Waals surface area contributed by atoms with Crippen LogP contribution >= 0.6 is 11.8 Å². The Labute approximate surface area is 89.8 Å². The second kappa shape index (κ2) is 4.71. The first-order valence-electron chi connectivity index (χ1n) is 4.62. The van der Waals surface area contributed by atoms with Gasteiger partial charge in [0.25, 0.3) is 0 Å². The molecular formula is C11H17NOS. The molecule has 0 saturated carbocycles. The molecule has 0 fully saturated rings. The second-order valence-electron chi connectivity index (χ2n) is 3.41. The van der Waals surface area contributed by atoms with Crippen LogP contribution in [0, 0.1) is 13.8 Å². The summed E-state index contributed by atoms with van der Waals surface area (Å²) in [4.78, 5) is 1.12. The van der Waals surface area contributed by atoms with Crippen molar-refractivity contribution in [3.8, 4) is 5.75 Å². The fourth-order valence-electron chi connectivity index (χ4n) is 1.22. The SMILES string of the molecule is COc1cc(C)c(C)cc1SC(C)N. The molecule has 1 atom stereocenters. The molecule has 2 nitrogen and oxygen atoms in total. The Morgan fingerprint density at radius 2 is 1.86 bits per heavy atom. The Balaban J connectivity index is 3.07. The van der Waals surface area contributed by atoms with Crippen molar-refractivity contribution in [2.45, 2.75) is 31.0 Å². The molecular weight excluding hydrogens is 194 g/mol. The third-order valence-electron chi connectivity index (χ3n) is 2.09. The lowest BCUT2D eigenvalue weighted by atomic mass is 10.1. The quantitative estimate of drug-likeness (QED) is 0.616. The van der Waals surface area contributed by atoms with Gasteiger partial charge in [-0.3, -0.25) is 0 Å². The maximum atomic E-state index is 5.74. The summed E-state index contributed by atoms with van der Waals surface area (Å²) in [6, 6.07) is 4.18. The first-order chi connectivity index (χ1) is 6.54. The Morgan fingerprint density at radius 1 is 1.29 bits per heavy atom. The number of hydrogen-bond acceptors (Lipinski definition) is 3. The zero-order valence-electron chi connectivity index (χ0n) is 9.13.